The predicted octanol–water partition coefficient (Wildman–Crippen LogP) is 3.98. The summed E-state index contributed by atoms with van der Waals surface area (Å²) in [5.41, 5.74) is 3.93. The molecule has 3 aliphatic rings. The van der Waals surface area contributed by atoms with E-state index in [0.29, 0.717) is 12.0 Å². The van der Waals surface area contributed by atoms with E-state index in [2.05, 4.69) is 15.5 Å². The van der Waals surface area contributed by atoms with Gasteiger partial charge in [-0.05, 0) is 73.6 Å². The minimum atomic E-state index is -0.561. The average Bonchev–Trinajstić information content (AvgIpc) is 3.56. The highest BCUT2D eigenvalue weighted by atomic mass is 19.1. The van der Waals surface area contributed by atoms with Crippen LogP contribution in [0.3, 0.4) is 0 Å². The number of fused-ring (bicyclic) bond motifs is 6. The average molecular weight is 675 g/mol. The number of carbonyl (C=O) groups is 4. The molecule has 1 aromatic heterocycles. The van der Waals surface area contributed by atoms with Gasteiger partial charge in [0.25, 0.3) is 11.8 Å². The lowest BCUT2D eigenvalue weighted by molar-refractivity contribution is -0.128. The summed E-state index contributed by atoms with van der Waals surface area (Å²) in [5.74, 6) is -1.62. The van der Waals surface area contributed by atoms with Gasteiger partial charge in [0.05, 0.1) is 37.5 Å². The van der Waals surface area contributed by atoms with Crippen LogP contribution in [0, 0.1) is 5.82 Å². The Labute approximate surface area is 284 Å². The Kier molecular flexibility index (Phi) is 10.3. The van der Waals surface area contributed by atoms with Gasteiger partial charge in [-0.2, -0.15) is 5.10 Å². The van der Waals surface area contributed by atoms with Crippen LogP contribution in [0.5, 0.6) is 11.5 Å². The van der Waals surface area contributed by atoms with Gasteiger partial charge < -0.3 is 29.5 Å². The molecule has 13 heteroatoms. The number of carbonyl (C=O) groups excluding carboxylic acids is 4. The third-order valence-electron chi connectivity index (χ3n) is 9.33. The molecule has 1 aliphatic carbocycles. The van der Waals surface area contributed by atoms with E-state index in [9.17, 15) is 23.6 Å². The van der Waals surface area contributed by atoms with Crippen molar-refractivity contribution in [1.82, 2.24) is 30.2 Å². The van der Waals surface area contributed by atoms with Crippen molar-refractivity contribution in [2.45, 2.75) is 77.7 Å². The molecule has 0 radical (unpaired) electrons. The van der Waals surface area contributed by atoms with Crippen LogP contribution in [0.1, 0.15) is 82.8 Å². The molecule has 4 amide bonds. The number of aryl methyl sites for hydroxylation is 1. The summed E-state index contributed by atoms with van der Waals surface area (Å²) in [6.07, 6.45) is 5.20. The predicted molar refractivity (Wildman–Crippen MR) is 178 cm³/mol. The number of hydrogen-bond donors (Lipinski definition) is 2. The number of amides is 4. The Balaban J connectivity index is 1.34. The SMILES string of the molecule is CCCN1CC(=O)N[C@@H]2CN(C(C)=O)C[C@H]2OCc2cc(F)cc(c2)Oc2cc(C(=O)N(C)Cc3n[nH]c4c3CCCCC4)cc(c2)C1=O. The maximum absolute atomic E-state index is 14.9. The number of benzene rings is 2. The lowest BCUT2D eigenvalue weighted by atomic mass is 10.1. The molecule has 12 nitrogen and oxygen atoms in total. The lowest BCUT2D eigenvalue weighted by Gasteiger charge is -2.25. The van der Waals surface area contributed by atoms with Crippen LogP contribution in [0.25, 0.3) is 0 Å². The van der Waals surface area contributed by atoms with Crippen LogP contribution in [-0.4, -0.2) is 93.9 Å². The second kappa shape index (κ2) is 14.8. The molecule has 49 heavy (non-hydrogen) atoms. The van der Waals surface area contributed by atoms with E-state index in [0.717, 1.165) is 49.1 Å². The number of halogens is 1. The minimum Gasteiger partial charge on any atom is -0.457 e. The number of rotatable bonds is 5. The quantitative estimate of drug-likeness (QED) is 0.391. The summed E-state index contributed by atoms with van der Waals surface area (Å²) in [6.45, 7) is 4.17. The number of H-pyrrole nitrogens is 1. The normalized spacial score (nSPS) is 19.8. The minimum absolute atomic E-state index is 0.00279. The standard InChI is InChI=1S/C36H43FN6O6/c1-4-10-42-20-34(45)38-32-18-43(22(2)44)19-33(32)48-21-23-11-26(37)16-27(12-23)49-28-14-24(13-25(15-28)36(42)47)35(46)41(3)17-31-29-8-6-5-7-9-30(29)39-40-31/h11-16,32-33H,4-10,17-21H2,1-3H3,(H,38,45)(H,39,40)/t32-,33-/m1/s1. The second-order valence-corrected chi connectivity index (χ2v) is 13.2. The van der Waals surface area contributed by atoms with Crippen molar-refractivity contribution in [3.8, 4) is 11.5 Å². The number of nitrogens with one attached hydrogen (secondary N) is 2. The fraction of sp³-hybridized carbons (Fsp3) is 0.472. The highest BCUT2D eigenvalue weighted by Gasteiger charge is 2.36. The van der Waals surface area contributed by atoms with E-state index in [1.54, 1.807) is 22.9 Å². The Bertz CT molecular complexity index is 1740. The van der Waals surface area contributed by atoms with Crippen molar-refractivity contribution >= 4 is 23.6 Å². The van der Waals surface area contributed by atoms with E-state index in [4.69, 9.17) is 9.47 Å². The molecule has 0 unspecified atom stereocenters. The van der Waals surface area contributed by atoms with E-state index in [1.807, 2.05) is 6.92 Å². The molecule has 1 fully saturated rings. The van der Waals surface area contributed by atoms with E-state index in [-0.39, 0.29) is 73.8 Å². The molecular formula is C36H43FN6O6. The van der Waals surface area contributed by atoms with Crippen LogP contribution in [0.2, 0.25) is 0 Å². The van der Waals surface area contributed by atoms with E-state index >= 15 is 0 Å². The largest absolute Gasteiger partial charge is 0.457 e. The molecule has 2 aliphatic heterocycles. The molecule has 3 heterocycles. The summed E-state index contributed by atoms with van der Waals surface area (Å²) >= 11 is 0. The van der Waals surface area contributed by atoms with Gasteiger partial charge in [-0.15, -0.1) is 0 Å². The summed E-state index contributed by atoms with van der Waals surface area (Å²) in [7, 11) is 1.68. The molecule has 6 rings (SSSR count). The molecular weight excluding hydrogens is 631 g/mol. The van der Waals surface area contributed by atoms with Crippen LogP contribution >= 0.6 is 0 Å². The van der Waals surface area contributed by atoms with Crippen molar-refractivity contribution in [2.24, 2.45) is 0 Å². The Hall–Kier alpha value is -4.78. The first-order valence-corrected chi connectivity index (χ1v) is 17.0. The first kappa shape index (κ1) is 34.1. The molecule has 2 aromatic carbocycles. The molecule has 2 N–H and O–H groups in total. The van der Waals surface area contributed by atoms with E-state index in [1.165, 1.54) is 42.2 Å². The number of likely N-dealkylation sites (tertiary alicyclic amines) is 1. The maximum Gasteiger partial charge on any atom is 0.254 e. The van der Waals surface area contributed by atoms with Gasteiger partial charge in [0.1, 0.15) is 17.3 Å². The molecule has 2 atom stereocenters. The van der Waals surface area contributed by atoms with Gasteiger partial charge in [-0.25, -0.2) is 4.39 Å². The van der Waals surface area contributed by atoms with Crippen LogP contribution in [0.4, 0.5) is 4.39 Å². The maximum atomic E-state index is 14.9. The topological polar surface area (TPSA) is 137 Å². The number of aromatic amines is 1. The van der Waals surface area contributed by atoms with Gasteiger partial charge in [0, 0.05) is 56.5 Å². The van der Waals surface area contributed by atoms with Gasteiger partial charge in [-0.1, -0.05) is 13.3 Å². The fourth-order valence-corrected chi connectivity index (χ4v) is 6.85. The number of hydrogen-bond acceptors (Lipinski definition) is 7. The molecule has 3 aromatic rings. The Morgan fingerprint density at radius 1 is 1.04 bits per heavy atom. The zero-order valence-electron chi connectivity index (χ0n) is 28.2. The Morgan fingerprint density at radius 3 is 2.63 bits per heavy atom. The molecule has 1 saturated heterocycles. The van der Waals surface area contributed by atoms with Crippen molar-refractivity contribution in [2.75, 3.05) is 33.2 Å². The zero-order valence-corrected chi connectivity index (χ0v) is 28.2. The third kappa shape index (κ3) is 7.93. The number of nitrogens with zero attached hydrogens (tertiary/aromatic N) is 4. The number of aromatic nitrogens is 2. The molecule has 4 bridgehead atoms. The van der Waals surface area contributed by atoms with Crippen LogP contribution < -0.4 is 10.1 Å². The second-order valence-electron chi connectivity index (χ2n) is 13.2. The number of ether oxygens (including phenoxy) is 2. The van der Waals surface area contributed by atoms with Gasteiger partial charge >= 0.3 is 0 Å². The lowest BCUT2D eigenvalue weighted by Crippen LogP contribution is -2.49. The fourth-order valence-electron chi connectivity index (χ4n) is 6.85. The van der Waals surface area contributed by atoms with Gasteiger partial charge in [0.2, 0.25) is 11.8 Å². The van der Waals surface area contributed by atoms with Crippen LogP contribution in [0.15, 0.2) is 36.4 Å². The third-order valence-corrected chi connectivity index (χ3v) is 9.33. The first-order valence-electron chi connectivity index (χ1n) is 17.0. The van der Waals surface area contributed by atoms with E-state index < -0.39 is 29.8 Å². The van der Waals surface area contributed by atoms with Crippen molar-refractivity contribution in [3.63, 3.8) is 0 Å². The van der Waals surface area contributed by atoms with Crippen molar-refractivity contribution in [3.05, 3.63) is 75.9 Å². The van der Waals surface area contributed by atoms with Gasteiger partial charge in [-0.3, -0.25) is 24.3 Å². The summed E-state index contributed by atoms with van der Waals surface area (Å²) in [6, 6.07) is 8.17. The first-order chi connectivity index (χ1) is 23.6. The van der Waals surface area contributed by atoms with Crippen LogP contribution in [-0.2, 0) is 40.3 Å². The van der Waals surface area contributed by atoms with Gasteiger partial charge in [0.15, 0.2) is 0 Å². The summed E-state index contributed by atoms with van der Waals surface area (Å²) in [4.78, 5) is 58.1. The highest BCUT2D eigenvalue weighted by Crippen LogP contribution is 2.29. The smallest absolute Gasteiger partial charge is 0.254 e. The van der Waals surface area contributed by atoms with Crippen molar-refractivity contribution < 1.29 is 33.0 Å². The zero-order chi connectivity index (χ0) is 34.7. The summed E-state index contributed by atoms with van der Waals surface area (Å²) < 4.78 is 27.1. The molecule has 260 valence electrons. The molecule has 0 saturated carbocycles. The molecule has 0 spiro atoms. The Morgan fingerprint density at radius 2 is 1.84 bits per heavy atom. The monoisotopic (exact) mass is 674 g/mol. The summed E-state index contributed by atoms with van der Waals surface area (Å²) in [5, 5.41) is 10.6. The highest BCUT2D eigenvalue weighted by molar-refractivity contribution is 6.01. The van der Waals surface area contributed by atoms with Crippen molar-refractivity contribution in [1.29, 1.82) is 0 Å².